The Labute approximate surface area is 139 Å². The minimum atomic E-state index is -4.81. The zero-order valence-corrected chi connectivity index (χ0v) is 17.3. The summed E-state index contributed by atoms with van der Waals surface area (Å²) in [5.41, 5.74) is 0. The van der Waals surface area contributed by atoms with Crippen molar-refractivity contribution in [3.05, 3.63) is 0 Å². The molecule has 0 bridgehead atoms. The molecule has 0 radical (unpaired) electrons. The molecule has 0 aromatic carbocycles. The summed E-state index contributed by atoms with van der Waals surface area (Å²) in [6, 6.07) is 0. The molecule has 0 aromatic rings. The van der Waals surface area contributed by atoms with Gasteiger partial charge in [0.25, 0.3) is 0 Å². The maximum absolute atomic E-state index is 11.1. The van der Waals surface area contributed by atoms with E-state index in [9.17, 15) is 9.13 Å². The molecule has 0 fully saturated rings. The Kier molecular flexibility index (Phi) is 8.86. The fraction of sp³-hybridized carbons (Fsp3) is 1.00. The molecule has 0 atom stereocenters. The summed E-state index contributed by atoms with van der Waals surface area (Å²) in [6.07, 6.45) is 0.0334. The third-order valence-electron chi connectivity index (χ3n) is 4.14. The van der Waals surface area contributed by atoms with Crippen LogP contribution in [0.4, 0.5) is 0 Å². The quantitative estimate of drug-likeness (QED) is 0.217. The molecule has 11 heteroatoms. The largest absolute Gasteiger partial charge is 0.416 e. The molecule has 140 valence electrons. The van der Waals surface area contributed by atoms with Crippen LogP contribution >= 0.6 is 15.2 Å². The highest BCUT2D eigenvalue weighted by atomic mass is 31.2. The Morgan fingerprint density at radius 3 is 1.91 bits per heavy atom. The SMILES string of the molecule is CC(C)(C)[Si](C)(C)OCCNCCCC(P(=O)(O)O)P(=O)(O)O. The topological polar surface area (TPSA) is 136 Å². The predicted octanol–water partition coefficient (Wildman–Crippen LogP) is 2.06. The van der Waals surface area contributed by atoms with Crippen molar-refractivity contribution in [2.45, 2.75) is 57.1 Å². The van der Waals surface area contributed by atoms with Gasteiger partial charge < -0.3 is 29.3 Å². The van der Waals surface area contributed by atoms with E-state index in [2.05, 4.69) is 39.2 Å². The molecule has 0 amide bonds. The third-order valence-corrected chi connectivity index (χ3v) is 12.6. The van der Waals surface area contributed by atoms with Gasteiger partial charge in [0.2, 0.25) is 0 Å². The van der Waals surface area contributed by atoms with Crippen molar-refractivity contribution in [1.29, 1.82) is 0 Å². The number of hydrogen-bond acceptors (Lipinski definition) is 4. The highest BCUT2D eigenvalue weighted by Gasteiger charge is 2.42. The van der Waals surface area contributed by atoms with E-state index < -0.39 is 28.9 Å². The monoisotopic (exact) mass is 391 g/mol. The molecule has 0 aliphatic heterocycles. The molecule has 0 aliphatic rings. The minimum Gasteiger partial charge on any atom is -0.416 e. The van der Waals surface area contributed by atoms with Crippen molar-refractivity contribution in [2.75, 3.05) is 19.7 Å². The van der Waals surface area contributed by atoms with E-state index in [4.69, 9.17) is 24.0 Å². The summed E-state index contributed by atoms with van der Waals surface area (Å²) in [4.78, 5) is 36.0. The van der Waals surface area contributed by atoms with Gasteiger partial charge in [0.1, 0.15) is 0 Å². The molecule has 0 spiro atoms. The van der Waals surface area contributed by atoms with Crippen LogP contribution < -0.4 is 5.32 Å². The van der Waals surface area contributed by atoms with Gasteiger partial charge in [-0.3, -0.25) is 9.13 Å². The van der Waals surface area contributed by atoms with E-state index in [0.717, 1.165) is 0 Å². The lowest BCUT2D eigenvalue weighted by Crippen LogP contribution is -2.42. The van der Waals surface area contributed by atoms with Gasteiger partial charge in [-0.1, -0.05) is 20.8 Å². The van der Waals surface area contributed by atoms with Gasteiger partial charge in [0.15, 0.2) is 13.7 Å². The van der Waals surface area contributed by atoms with Crippen molar-refractivity contribution < 1.29 is 33.1 Å². The lowest BCUT2D eigenvalue weighted by atomic mass is 10.2. The van der Waals surface area contributed by atoms with Crippen LogP contribution in [-0.4, -0.2) is 53.0 Å². The second-order valence-corrected chi connectivity index (χ2v) is 16.0. The molecule has 0 unspecified atom stereocenters. The van der Waals surface area contributed by atoms with Gasteiger partial charge in [-0.15, -0.1) is 0 Å². The smallest absolute Gasteiger partial charge is 0.340 e. The predicted molar refractivity (Wildman–Crippen MR) is 93.1 cm³/mol. The van der Waals surface area contributed by atoms with E-state index in [1.807, 2.05) is 0 Å². The molecule has 0 heterocycles. The van der Waals surface area contributed by atoms with Crippen LogP contribution in [0.5, 0.6) is 0 Å². The molecule has 0 saturated heterocycles. The van der Waals surface area contributed by atoms with E-state index >= 15 is 0 Å². The van der Waals surface area contributed by atoms with E-state index in [1.165, 1.54) is 0 Å². The molecule has 0 aromatic heterocycles. The molecule has 0 rings (SSSR count). The first-order chi connectivity index (χ1) is 10.1. The van der Waals surface area contributed by atoms with Crippen LogP contribution in [0.15, 0.2) is 0 Å². The molecule has 0 aliphatic carbocycles. The van der Waals surface area contributed by atoms with Crippen LogP contribution in [-0.2, 0) is 13.6 Å². The van der Waals surface area contributed by atoms with Gasteiger partial charge in [0, 0.05) is 13.2 Å². The average Bonchev–Trinajstić information content (AvgIpc) is 2.27. The molecular formula is C12H31NO7P2Si. The fourth-order valence-corrected chi connectivity index (χ4v) is 5.31. The van der Waals surface area contributed by atoms with E-state index in [-0.39, 0.29) is 17.9 Å². The molecule has 5 N–H and O–H groups in total. The Morgan fingerprint density at radius 2 is 1.52 bits per heavy atom. The summed E-state index contributed by atoms with van der Waals surface area (Å²) in [5, 5.41) is 1.27. The number of rotatable bonds is 10. The van der Waals surface area contributed by atoms with E-state index in [0.29, 0.717) is 19.7 Å². The third kappa shape index (κ3) is 8.91. The fourth-order valence-electron chi connectivity index (χ4n) is 1.66. The summed E-state index contributed by atoms with van der Waals surface area (Å²) in [6.45, 7) is 12.3. The summed E-state index contributed by atoms with van der Waals surface area (Å²) < 4.78 is 28.2. The first kappa shape index (κ1) is 23.4. The first-order valence-corrected chi connectivity index (χ1v) is 13.8. The van der Waals surface area contributed by atoms with Gasteiger partial charge in [-0.2, -0.15) is 0 Å². The molecule has 8 nitrogen and oxygen atoms in total. The molecule has 23 heavy (non-hydrogen) atoms. The normalized spacial score (nSPS) is 14.5. The standard InChI is InChI=1S/C12H31NO7P2Si/c1-12(2,3)23(4,5)20-10-9-13-8-6-7-11(21(14,15)16)22(17,18)19/h11,13H,6-10H2,1-5H3,(H2,14,15,16)(H2,17,18,19). The van der Waals surface area contributed by atoms with Gasteiger partial charge >= 0.3 is 15.2 Å². The van der Waals surface area contributed by atoms with Gasteiger partial charge in [-0.05, 0) is 37.5 Å². The lowest BCUT2D eigenvalue weighted by molar-refractivity contribution is 0.285. The van der Waals surface area contributed by atoms with Crippen LogP contribution in [0.25, 0.3) is 0 Å². The highest BCUT2D eigenvalue weighted by molar-refractivity contribution is 7.70. The lowest BCUT2D eigenvalue weighted by Gasteiger charge is -2.36. The second kappa shape index (κ2) is 8.69. The summed E-state index contributed by atoms with van der Waals surface area (Å²) in [5.74, 6) is 0. The van der Waals surface area contributed by atoms with Crippen molar-refractivity contribution >= 4 is 23.5 Å². The first-order valence-electron chi connectivity index (χ1n) is 7.54. The maximum Gasteiger partial charge on any atom is 0.340 e. The van der Waals surface area contributed by atoms with Crippen LogP contribution in [0.2, 0.25) is 18.1 Å². The average molecular weight is 391 g/mol. The highest BCUT2D eigenvalue weighted by Crippen LogP contribution is 2.61. The van der Waals surface area contributed by atoms with Gasteiger partial charge in [-0.25, -0.2) is 0 Å². The zero-order valence-electron chi connectivity index (χ0n) is 14.5. The molecule has 0 saturated carbocycles. The van der Waals surface area contributed by atoms with Gasteiger partial charge in [0.05, 0.1) is 0 Å². The number of nitrogens with one attached hydrogen (secondary N) is 1. The summed E-state index contributed by atoms with van der Waals surface area (Å²) >= 11 is 0. The van der Waals surface area contributed by atoms with Crippen molar-refractivity contribution in [3.8, 4) is 0 Å². The minimum absolute atomic E-state index is 0.132. The number of hydrogen-bond donors (Lipinski definition) is 5. The maximum atomic E-state index is 11.1. The Balaban J connectivity index is 4.07. The molecular weight excluding hydrogens is 360 g/mol. The zero-order chi connectivity index (χ0) is 18.5. The van der Waals surface area contributed by atoms with Crippen LogP contribution in [0.1, 0.15) is 33.6 Å². The van der Waals surface area contributed by atoms with Crippen molar-refractivity contribution in [2.24, 2.45) is 0 Å². The summed E-state index contributed by atoms with van der Waals surface area (Å²) in [7, 11) is -11.4. The van der Waals surface area contributed by atoms with Crippen LogP contribution in [0.3, 0.4) is 0 Å². The van der Waals surface area contributed by atoms with Crippen molar-refractivity contribution in [3.63, 3.8) is 0 Å². The van der Waals surface area contributed by atoms with E-state index in [1.54, 1.807) is 0 Å². The second-order valence-electron chi connectivity index (χ2n) is 7.16. The van der Waals surface area contributed by atoms with Crippen LogP contribution in [0, 0.1) is 0 Å². The Morgan fingerprint density at radius 1 is 1.04 bits per heavy atom. The Bertz CT molecular complexity index is 433. The van der Waals surface area contributed by atoms with Crippen molar-refractivity contribution in [1.82, 2.24) is 5.32 Å². The Hall–Kier alpha value is 0.437.